The van der Waals surface area contributed by atoms with Gasteiger partial charge >= 0.3 is 0 Å². The summed E-state index contributed by atoms with van der Waals surface area (Å²) in [6.45, 7) is 6.10. The van der Waals surface area contributed by atoms with Gasteiger partial charge in [-0.15, -0.1) is 0 Å². The summed E-state index contributed by atoms with van der Waals surface area (Å²) in [6.07, 6.45) is 0. The van der Waals surface area contributed by atoms with Gasteiger partial charge in [0.1, 0.15) is 0 Å². The van der Waals surface area contributed by atoms with Gasteiger partial charge < -0.3 is 0 Å². The molecule has 0 bridgehead atoms. The maximum atomic E-state index is 11.6. The molecule has 0 atom stereocenters. The van der Waals surface area contributed by atoms with Gasteiger partial charge in [0, 0.05) is 27.7 Å². The molecule has 0 aromatic heterocycles. The van der Waals surface area contributed by atoms with Gasteiger partial charge in [-0.1, -0.05) is 0 Å². The summed E-state index contributed by atoms with van der Waals surface area (Å²) >= 11 is 0. The Labute approximate surface area is 117 Å². The monoisotopic (exact) mass is 284 g/mol. The smallest absolute Gasteiger partial charge is 0.238 e. The van der Waals surface area contributed by atoms with Crippen molar-refractivity contribution in [2.45, 2.75) is 27.7 Å². The van der Waals surface area contributed by atoms with Crippen LogP contribution in [0.2, 0.25) is 0 Å². The summed E-state index contributed by atoms with van der Waals surface area (Å²) in [4.78, 5) is 46.5. The third-order valence-corrected chi connectivity index (χ3v) is 3.08. The van der Waals surface area contributed by atoms with Crippen LogP contribution >= 0.6 is 0 Å². The highest BCUT2D eigenvalue weighted by Crippen LogP contribution is 2.09. The number of nitrogens with zero attached hydrogens (tertiary/aromatic N) is 4. The van der Waals surface area contributed by atoms with Crippen LogP contribution in [-0.4, -0.2) is 69.8 Å². The zero-order valence-electron chi connectivity index (χ0n) is 12.3. The van der Waals surface area contributed by atoms with Gasteiger partial charge in [-0.3, -0.25) is 19.2 Å². The number of hydrogen-bond acceptors (Lipinski definition) is 4. The molecule has 1 saturated heterocycles. The van der Waals surface area contributed by atoms with Crippen LogP contribution in [0.3, 0.4) is 0 Å². The van der Waals surface area contributed by atoms with Crippen molar-refractivity contribution in [2.24, 2.45) is 0 Å². The number of amides is 4. The zero-order chi connectivity index (χ0) is 15.4. The topological polar surface area (TPSA) is 81.2 Å². The molecule has 4 amide bonds. The zero-order valence-corrected chi connectivity index (χ0v) is 12.3. The molecule has 0 aliphatic carbocycles. The Morgan fingerprint density at radius 1 is 0.500 bits per heavy atom. The van der Waals surface area contributed by atoms with Gasteiger partial charge in [-0.2, -0.15) is 0 Å². The molecule has 0 aromatic carbocycles. The molecule has 1 rings (SSSR count). The highest BCUT2D eigenvalue weighted by Gasteiger charge is 2.29. The molecule has 0 radical (unpaired) electrons. The average Bonchev–Trinajstić information content (AvgIpc) is 2.26. The minimum absolute atomic E-state index is 0.165. The lowest BCUT2D eigenvalue weighted by Gasteiger charge is -2.42. The van der Waals surface area contributed by atoms with E-state index in [1.807, 2.05) is 0 Å². The molecule has 112 valence electrons. The molecule has 0 saturated carbocycles. The molecule has 8 nitrogen and oxygen atoms in total. The molecule has 8 heteroatoms. The van der Waals surface area contributed by atoms with Crippen molar-refractivity contribution in [3.05, 3.63) is 0 Å². The molecule has 1 heterocycles. The molecule has 0 N–H and O–H groups in total. The van der Waals surface area contributed by atoms with Crippen LogP contribution in [0.5, 0.6) is 0 Å². The first-order chi connectivity index (χ1) is 9.25. The van der Waals surface area contributed by atoms with E-state index in [1.54, 1.807) is 0 Å². The highest BCUT2D eigenvalue weighted by atomic mass is 16.2. The molecule has 1 aliphatic rings. The van der Waals surface area contributed by atoms with Crippen LogP contribution in [0.15, 0.2) is 0 Å². The number of carbonyl (C=O) groups is 4. The Bertz CT molecular complexity index is 357. The number of rotatable bonds is 0. The lowest BCUT2D eigenvalue weighted by molar-refractivity contribution is -0.178. The lowest BCUT2D eigenvalue weighted by atomic mass is 10.4. The predicted molar refractivity (Wildman–Crippen MR) is 69.5 cm³/mol. The molecular weight excluding hydrogens is 264 g/mol. The van der Waals surface area contributed by atoms with Crippen LogP contribution in [0.25, 0.3) is 0 Å². The Balaban J connectivity index is 3.02. The maximum Gasteiger partial charge on any atom is 0.238 e. The normalized spacial score (nSPS) is 16.6. The van der Waals surface area contributed by atoms with E-state index in [4.69, 9.17) is 0 Å². The standard InChI is InChI=1S/C12H20N4O4/c1-9(17)13-5-6-15(11(3)19)16(12(4)20)8-7-14(13)10(2)18/h5-8H2,1-4H3. The van der Waals surface area contributed by atoms with E-state index in [0.717, 1.165) is 0 Å². The molecular formula is C12H20N4O4. The van der Waals surface area contributed by atoms with Crippen molar-refractivity contribution in [3.8, 4) is 0 Å². The molecule has 20 heavy (non-hydrogen) atoms. The first-order valence-electron chi connectivity index (χ1n) is 6.38. The molecule has 1 aliphatic heterocycles. The Hall–Kier alpha value is -2.12. The van der Waals surface area contributed by atoms with Gasteiger partial charge in [0.15, 0.2) is 0 Å². The van der Waals surface area contributed by atoms with E-state index >= 15 is 0 Å². The maximum absolute atomic E-state index is 11.6. The quantitative estimate of drug-likeness (QED) is 0.584. The number of carbonyl (C=O) groups excluding carboxylic acids is 4. The van der Waals surface area contributed by atoms with Gasteiger partial charge in [0.2, 0.25) is 23.6 Å². The highest BCUT2D eigenvalue weighted by molar-refractivity contribution is 5.81. The van der Waals surface area contributed by atoms with Crippen LogP contribution < -0.4 is 0 Å². The summed E-state index contributed by atoms with van der Waals surface area (Å²) in [5.41, 5.74) is 0. The Morgan fingerprint density at radius 3 is 0.750 bits per heavy atom. The summed E-state index contributed by atoms with van der Waals surface area (Å²) in [5, 5.41) is 5.21. The van der Waals surface area contributed by atoms with Gasteiger partial charge in [-0.25, -0.2) is 20.0 Å². The SMILES string of the molecule is CC(=O)N1CCN(C(C)=O)N(C(C)=O)CCN1C(C)=O. The fraction of sp³-hybridized carbons (Fsp3) is 0.667. The average molecular weight is 284 g/mol. The fourth-order valence-electron chi connectivity index (χ4n) is 2.17. The molecule has 0 spiro atoms. The Kier molecular flexibility index (Phi) is 5.06. The number of hydrazine groups is 2. The van der Waals surface area contributed by atoms with Gasteiger partial charge in [-0.05, 0) is 0 Å². The third-order valence-electron chi connectivity index (χ3n) is 3.08. The third kappa shape index (κ3) is 3.46. The first-order valence-corrected chi connectivity index (χ1v) is 6.38. The van der Waals surface area contributed by atoms with Crippen LogP contribution in [0, 0.1) is 0 Å². The van der Waals surface area contributed by atoms with Crippen LogP contribution in [0.1, 0.15) is 27.7 Å². The molecule has 1 fully saturated rings. The second kappa shape index (κ2) is 6.36. The van der Waals surface area contributed by atoms with Crippen molar-refractivity contribution in [1.82, 2.24) is 20.0 Å². The van der Waals surface area contributed by atoms with Gasteiger partial charge in [0.25, 0.3) is 0 Å². The summed E-state index contributed by atoms with van der Waals surface area (Å²) < 4.78 is 0. The fourth-order valence-corrected chi connectivity index (χ4v) is 2.17. The first kappa shape index (κ1) is 15.9. The van der Waals surface area contributed by atoms with E-state index < -0.39 is 0 Å². The van der Waals surface area contributed by atoms with E-state index in [2.05, 4.69) is 0 Å². The summed E-state index contributed by atoms with van der Waals surface area (Å²) in [7, 11) is 0. The van der Waals surface area contributed by atoms with E-state index in [-0.39, 0.29) is 49.8 Å². The van der Waals surface area contributed by atoms with E-state index in [1.165, 1.54) is 47.7 Å². The minimum atomic E-state index is -0.278. The second-order valence-corrected chi connectivity index (χ2v) is 4.57. The van der Waals surface area contributed by atoms with Gasteiger partial charge in [0.05, 0.1) is 26.2 Å². The second-order valence-electron chi connectivity index (χ2n) is 4.57. The summed E-state index contributed by atoms with van der Waals surface area (Å²) in [5.74, 6) is -1.11. The van der Waals surface area contributed by atoms with Crippen molar-refractivity contribution >= 4 is 23.6 Å². The van der Waals surface area contributed by atoms with E-state index in [0.29, 0.717) is 0 Å². The lowest BCUT2D eigenvalue weighted by Crippen LogP contribution is -2.60. The number of hydrogen-bond donors (Lipinski definition) is 0. The Morgan fingerprint density at radius 2 is 0.650 bits per heavy atom. The largest absolute Gasteiger partial charge is 0.273 e. The van der Waals surface area contributed by atoms with Crippen molar-refractivity contribution < 1.29 is 19.2 Å². The van der Waals surface area contributed by atoms with Crippen molar-refractivity contribution in [3.63, 3.8) is 0 Å². The van der Waals surface area contributed by atoms with Crippen molar-refractivity contribution in [2.75, 3.05) is 26.2 Å². The van der Waals surface area contributed by atoms with E-state index in [9.17, 15) is 19.2 Å². The summed E-state index contributed by atoms with van der Waals surface area (Å²) in [6, 6.07) is 0. The van der Waals surface area contributed by atoms with Crippen LogP contribution in [0.4, 0.5) is 0 Å². The molecule has 0 aromatic rings. The predicted octanol–water partition coefficient (Wildman–Crippen LogP) is -0.776. The van der Waals surface area contributed by atoms with Crippen LogP contribution in [-0.2, 0) is 19.2 Å². The minimum Gasteiger partial charge on any atom is -0.273 e. The molecule has 0 unspecified atom stereocenters. The van der Waals surface area contributed by atoms with Crippen molar-refractivity contribution in [1.29, 1.82) is 0 Å².